The van der Waals surface area contributed by atoms with E-state index < -0.39 is 5.60 Å². The number of rotatable bonds is 5. The molecular weight excluding hydrogens is 244 g/mol. The van der Waals surface area contributed by atoms with Crippen LogP contribution in [-0.2, 0) is 10.3 Å². The first-order chi connectivity index (χ1) is 9.10. The van der Waals surface area contributed by atoms with E-state index in [9.17, 15) is 0 Å². The summed E-state index contributed by atoms with van der Waals surface area (Å²) in [4.78, 5) is 8.51. The van der Waals surface area contributed by atoms with Gasteiger partial charge in [-0.1, -0.05) is 12.1 Å². The Bertz CT molecular complexity index is 555. The molecule has 1 atom stereocenters. The predicted molar refractivity (Wildman–Crippen MR) is 71.2 cm³/mol. The van der Waals surface area contributed by atoms with Crippen molar-refractivity contribution in [1.29, 1.82) is 0 Å². The van der Waals surface area contributed by atoms with E-state index in [0.717, 1.165) is 6.42 Å². The molecule has 2 aromatic heterocycles. The van der Waals surface area contributed by atoms with E-state index in [-0.39, 0.29) is 0 Å². The van der Waals surface area contributed by atoms with Gasteiger partial charge in [0.15, 0.2) is 5.69 Å². The number of hydrogen-bond acceptors (Lipinski definition) is 6. The minimum atomic E-state index is -0.556. The molecule has 6 nitrogen and oxygen atoms in total. The van der Waals surface area contributed by atoms with E-state index in [4.69, 9.17) is 15.0 Å². The van der Waals surface area contributed by atoms with Crippen molar-refractivity contribution in [3.8, 4) is 11.6 Å². The predicted octanol–water partition coefficient (Wildman–Crippen LogP) is 2.38. The van der Waals surface area contributed by atoms with E-state index in [1.807, 2.05) is 20.8 Å². The minimum Gasteiger partial charge on any atom is -0.397 e. The molecule has 19 heavy (non-hydrogen) atoms. The Morgan fingerprint density at radius 3 is 2.84 bits per heavy atom. The Morgan fingerprint density at radius 1 is 1.42 bits per heavy atom. The fourth-order valence-corrected chi connectivity index (χ4v) is 1.77. The fourth-order valence-electron chi connectivity index (χ4n) is 1.77. The summed E-state index contributed by atoms with van der Waals surface area (Å²) in [5, 5.41) is 3.99. The first kappa shape index (κ1) is 13.5. The normalized spacial score (nSPS) is 14.3. The molecule has 0 aliphatic heterocycles. The molecule has 0 radical (unpaired) electrons. The highest BCUT2D eigenvalue weighted by atomic mass is 16.5. The highest BCUT2D eigenvalue weighted by Crippen LogP contribution is 2.29. The van der Waals surface area contributed by atoms with Crippen molar-refractivity contribution < 1.29 is 9.26 Å². The van der Waals surface area contributed by atoms with E-state index >= 15 is 0 Å². The van der Waals surface area contributed by atoms with Gasteiger partial charge in [0.2, 0.25) is 5.82 Å². The molecule has 0 fully saturated rings. The summed E-state index contributed by atoms with van der Waals surface area (Å²) in [6, 6.07) is 3.50. The van der Waals surface area contributed by atoms with Crippen molar-refractivity contribution in [2.45, 2.75) is 32.8 Å². The lowest BCUT2D eigenvalue weighted by Gasteiger charge is -2.23. The quantitative estimate of drug-likeness (QED) is 0.890. The van der Waals surface area contributed by atoms with Gasteiger partial charge >= 0.3 is 0 Å². The van der Waals surface area contributed by atoms with Crippen LogP contribution < -0.4 is 5.73 Å². The van der Waals surface area contributed by atoms with Crippen LogP contribution in [0, 0.1) is 0 Å². The van der Waals surface area contributed by atoms with Gasteiger partial charge in [0.1, 0.15) is 5.60 Å². The van der Waals surface area contributed by atoms with Crippen LogP contribution in [0.3, 0.4) is 0 Å². The zero-order valence-electron chi connectivity index (χ0n) is 11.4. The highest BCUT2D eigenvalue weighted by Gasteiger charge is 2.31. The van der Waals surface area contributed by atoms with Crippen molar-refractivity contribution in [2.24, 2.45) is 0 Å². The molecule has 1 unspecified atom stereocenters. The van der Waals surface area contributed by atoms with Gasteiger partial charge < -0.3 is 15.0 Å². The van der Waals surface area contributed by atoms with Crippen LogP contribution in [0.15, 0.2) is 22.9 Å². The SMILES string of the molecule is CCOC(C)(CC)c1noc(-c2ncccc2N)n1. The van der Waals surface area contributed by atoms with Gasteiger partial charge in [0.25, 0.3) is 5.89 Å². The largest absolute Gasteiger partial charge is 0.397 e. The standard InChI is InChI=1S/C13H18N4O2/c1-4-13(3,18-5-2)12-16-11(19-17-12)10-9(14)7-6-8-15-10/h6-8H,4-5,14H2,1-3H3. The lowest BCUT2D eigenvalue weighted by molar-refractivity contribution is -0.0403. The number of pyridine rings is 1. The Hall–Kier alpha value is -1.95. The van der Waals surface area contributed by atoms with Gasteiger partial charge in [0, 0.05) is 12.8 Å². The smallest absolute Gasteiger partial charge is 0.278 e. The average Bonchev–Trinajstić information content (AvgIpc) is 2.89. The van der Waals surface area contributed by atoms with Gasteiger partial charge in [-0.15, -0.1) is 0 Å². The third-order valence-corrected chi connectivity index (χ3v) is 3.08. The average molecular weight is 262 g/mol. The number of hydrogen-bond donors (Lipinski definition) is 1. The van der Waals surface area contributed by atoms with Crippen LogP contribution in [0.25, 0.3) is 11.6 Å². The summed E-state index contributed by atoms with van der Waals surface area (Å²) in [7, 11) is 0. The Balaban J connectivity index is 2.36. The number of nitrogen functional groups attached to an aromatic ring is 1. The van der Waals surface area contributed by atoms with Crippen molar-refractivity contribution in [2.75, 3.05) is 12.3 Å². The van der Waals surface area contributed by atoms with Crippen LogP contribution in [0.4, 0.5) is 5.69 Å². The summed E-state index contributed by atoms with van der Waals surface area (Å²) >= 11 is 0. The van der Waals surface area contributed by atoms with Crippen molar-refractivity contribution >= 4 is 5.69 Å². The van der Waals surface area contributed by atoms with Crippen molar-refractivity contribution in [1.82, 2.24) is 15.1 Å². The molecular formula is C13H18N4O2. The number of nitrogens with two attached hydrogens (primary N) is 1. The van der Waals surface area contributed by atoms with Gasteiger partial charge in [0.05, 0.1) is 5.69 Å². The first-order valence-corrected chi connectivity index (χ1v) is 6.29. The van der Waals surface area contributed by atoms with Crippen molar-refractivity contribution in [3.63, 3.8) is 0 Å². The zero-order valence-corrected chi connectivity index (χ0v) is 11.4. The van der Waals surface area contributed by atoms with E-state index in [0.29, 0.717) is 29.7 Å². The third-order valence-electron chi connectivity index (χ3n) is 3.08. The molecule has 0 bridgehead atoms. The van der Waals surface area contributed by atoms with Gasteiger partial charge in [-0.05, 0) is 32.4 Å². The topological polar surface area (TPSA) is 87.1 Å². The van der Waals surface area contributed by atoms with Crippen LogP contribution in [0.2, 0.25) is 0 Å². The second-order valence-corrected chi connectivity index (χ2v) is 4.38. The molecule has 0 saturated carbocycles. The van der Waals surface area contributed by atoms with Crippen molar-refractivity contribution in [3.05, 3.63) is 24.2 Å². The summed E-state index contributed by atoms with van der Waals surface area (Å²) in [5.74, 6) is 0.824. The lowest BCUT2D eigenvalue weighted by Crippen LogP contribution is -2.26. The summed E-state index contributed by atoms with van der Waals surface area (Å²) < 4.78 is 10.9. The molecule has 2 N–H and O–H groups in total. The lowest BCUT2D eigenvalue weighted by atomic mass is 10.0. The van der Waals surface area contributed by atoms with Crippen LogP contribution in [-0.4, -0.2) is 21.7 Å². The van der Waals surface area contributed by atoms with Crippen LogP contribution in [0.1, 0.15) is 33.0 Å². The van der Waals surface area contributed by atoms with E-state index in [2.05, 4.69) is 15.1 Å². The maximum absolute atomic E-state index is 5.84. The molecule has 2 heterocycles. The van der Waals surface area contributed by atoms with Crippen LogP contribution >= 0.6 is 0 Å². The van der Waals surface area contributed by atoms with E-state index in [1.54, 1.807) is 18.3 Å². The molecule has 0 saturated heterocycles. The number of aromatic nitrogens is 3. The third kappa shape index (κ3) is 2.58. The minimum absolute atomic E-state index is 0.312. The molecule has 2 aromatic rings. The molecule has 0 aromatic carbocycles. The molecule has 2 rings (SSSR count). The number of nitrogens with zero attached hydrogens (tertiary/aromatic N) is 3. The second-order valence-electron chi connectivity index (χ2n) is 4.38. The molecule has 0 aliphatic carbocycles. The Labute approximate surface area is 112 Å². The number of ether oxygens (including phenoxy) is 1. The maximum atomic E-state index is 5.84. The van der Waals surface area contributed by atoms with Crippen LogP contribution in [0.5, 0.6) is 0 Å². The second kappa shape index (κ2) is 5.36. The van der Waals surface area contributed by atoms with E-state index in [1.165, 1.54) is 0 Å². The summed E-state index contributed by atoms with van der Waals surface area (Å²) in [5.41, 5.74) is 6.29. The highest BCUT2D eigenvalue weighted by molar-refractivity contribution is 5.65. The Morgan fingerprint density at radius 2 is 2.21 bits per heavy atom. The maximum Gasteiger partial charge on any atom is 0.278 e. The molecule has 102 valence electrons. The fraction of sp³-hybridized carbons (Fsp3) is 0.462. The van der Waals surface area contributed by atoms with Gasteiger partial charge in [-0.2, -0.15) is 4.98 Å². The number of anilines is 1. The summed E-state index contributed by atoms with van der Waals surface area (Å²) in [6.07, 6.45) is 2.38. The molecule has 0 aliphatic rings. The van der Waals surface area contributed by atoms with Gasteiger partial charge in [-0.3, -0.25) is 0 Å². The first-order valence-electron chi connectivity index (χ1n) is 6.29. The Kier molecular flexibility index (Phi) is 3.80. The molecule has 0 amide bonds. The summed E-state index contributed by atoms with van der Waals surface area (Å²) in [6.45, 7) is 6.47. The zero-order chi connectivity index (χ0) is 13.9. The van der Waals surface area contributed by atoms with Gasteiger partial charge in [-0.25, -0.2) is 4.98 Å². The molecule has 6 heteroatoms. The molecule has 0 spiro atoms. The monoisotopic (exact) mass is 262 g/mol.